The van der Waals surface area contributed by atoms with E-state index in [1.807, 2.05) is 19.1 Å². The molecule has 1 aromatic carbocycles. The summed E-state index contributed by atoms with van der Waals surface area (Å²) in [7, 11) is 0. The van der Waals surface area contributed by atoms with Crippen molar-refractivity contribution in [1.82, 2.24) is 5.32 Å². The van der Waals surface area contributed by atoms with Crippen molar-refractivity contribution >= 4 is 23.6 Å². The standard InChI is InChI=1S/C16H22N2O3/c1-3-17-12-11-15(19)18-14-8-5-13(6-9-14)7-10-16(20)21-4-2/h5-10,17H,3-4,11-12H2,1-2H3,(H,18,19). The second-order valence-corrected chi connectivity index (χ2v) is 4.36. The van der Waals surface area contributed by atoms with Crippen LogP contribution < -0.4 is 10.6 Å². The van der Waals surface area contributed by atoms with Crippen molar-refractivity contribution in [2.45, 2.75) is 20.3 Å². The molecule has 0 spiro atoms. The van der Waals surface area contributed by atoms with Crippen molar-refractivity contribution in [3.8, 4) is 0 Å². The van der Waals surface area contributed by atoms with E-state index in [0.29, 0.717) is 19.6 Å². The van der Waals surface area contributed by atoms with Gasteiger partial charge in [-0.15, -0.1) is 0 Å². The van der Waals surface area contributed by atoms with Gasteiger partial charge < -0.3 is 15.4 Å². The van der Waals surface area contributed by atoms with Gasteiger partial charge >= 0.3 is 5.97 Å². The molecular weight excluding hydrogens is 268 g/mol. The van der Waals surface area contributed by atoms with Crippen molar-refractivity contribution in [1.29, 1.82) is 0 Å². The molecule has 0 aromatic heterocycles. The first-order valence-corrected chi connectivity index (χ1v) is 7.11. The Morgan fingerprint density at radius 3 is 2.52 bits per heavy atom. The number of ether oxygens (including phenoxy) is 1. The molecule has 0 radical (unpaired) electrons. The van der Waals surface area contributed by atoms with E-state index in [-0.39, 0.29) is 11.9 Å². The maximum absolute atomic E-state index is 11.6. The van der Waals surface area contributed by atoms with Crippen molar-refractivity contribution in [2.75, 3.05) is 25.0 Å². The van der Waals surface area contributed by atoms with Gasteiger partial charge in [0.25, 0.3) is 0 Å². The molecule has 0 saturated carbocycles. The first kappa shape index (κ1) is 16.9. The summed E-state index contributed by atoms with van der Waals surface area (Å²) in [6.07, 6.45) is 3.50. The monoisotopic (exact) mass is 290 g/mol. The van der Waals surface area contributed by atoms with Crippen LogP contribution in [0.5, 0.6) is 0 Å². The topological polar surface area (TPSA) is 67.4 Å². The van der Waals surface area contributed by atoms with Gasteiger partial charge in [-0.3, -0.25) is 4.79 Å². The molecule has 0 unspecified atom stereocenters. The average molecular weight is 290 g/mol. The van der Waals surface area contributed by atoms with E-state index in [2.05, 4.69) is 10.6 Å². The van der Waals surface area contributed by atoms with Gasteiger partial charge in [0.15, 0.2) is 0 Å². The third kappa shape index (κ3) is 7.27. The van der Waals surface area contributed by atoms with Crippen LogP contribution in [0.1, 0.15) is 25.8 Å². The highest BCUT2D eigenvalue weighted by Gasteiger charge is 2.01. The van der Waals surface area contributed by atoms with E-state index < -0.39 is 0 Å². The quantitative estimate of drug-likeness (QED) is 0.437. The number of rotatable bonds is 8. The minimum atomic E-state index is -0.363. The van der Waals surface area contributed by atoms with Gasteiger partial charge in [-0.1, -0.05) is 19.1 Å². The van der Waals surface area contributed by atoms with Crippen molar-refractivity contribution < 1.29 is 14.3 Å². The summed E-state index contributed by atoms with van der Waals surface area (Å²) in [4.78, 5) is 22.8. The number of anilines is 1. The van der Waals surface area contributed by atoms with Crippen LogP contribution in [-0.4, -0.2) is 31.6 Å². The molecule has 0 fully saturated rings. The lowest BCUT2D eigenvalue weighted by molar-refractivity contribution is -0.137. The van der Waals surface area contributed by atoms with Gasteiger partial charge in [-0.2, -0.15) is 0 Å². The van der Waals surface area contributed by atoms with Gasteiger partial charge in [0.2, 0.25) is 5.91 Å². The number of carbonyl (C=O) groups is 2. The fourth-order valence-electron chi connectivity index (χ4n) is 1.63. The zero-order valence-corrected chi connectivity index (χ0v) is 12.5. The Morgan fingerprint density at radius 2 is 1.90 bits per heavy atom. The number of hydrogen-bond donors (Lipinski definition) is 2. The molecule has 5 nitrogen and oxygen atoms in total. The molecule has 21 heavy (non-hydrogen) atoms. The molecule has 1 amide bonds. The van der Waals surface area contributed by atoms with Crippen LogP contribution in [0.2, 0.25) is 0 Å². The van der Waals surface area contributed by atoms with Crippen LogP contribution in [-0.2, 0) is 14.3 Å². The highest BCUT2D eigenvalue weighted by atomic mass is 16.5. The molecule has 0 aliphatic carbocycles. The number of benzene rings is 1. The summed E-state index contributed by atoms with van der Waals surface area (Å²) in [6, 6.07) is 7.26. The molecule has 2 N–H and O–H groups in total. The van der Waals surface area contributed by atoms with Crippen LogP contribution in [0.3, 0.4) is 0 Å². The number of esters is 1. The van der Waals surface area contributed by atoms with Gasteiger partial charge in [-0.05, 0) is 37.2 Å². The van der Waals surface area contributed by atoms with E-state index in [4.69, 9.17) is 4.74 Å². The van der Waals surface area contributed by atoms with Gasteiger partial charge in [0.1, 0.15) is 0 Å². The predicted octanol–water partition coefficient (Wildman–Crippen LogP) is 2.20. The summed E-state index contributed by atoms with van der Waals surface area (Å²) in [5.41, 5.74) is 1.61. The molecule has 1 aromatic rings. The Balaban J connectivity index is 2.46. The second-order valence-electron chi connectivity index (χ2n) is 4.36. The third-order valence-corrected chi connectivity index (χ3v) is 2.67. The molecule has 1 rings (SSSR count). The summed E-state index contributed by atoms with van der Waals surface area (Å²) in [6.45, 7) is 5.65. The SMILES string of the molecule is CCNCCC(=O)Nc1ccc(C=CC(=O)OCC)cc1. The minimum Gasteiger partial charge on any atom is -0.463 e. The van der Waals surface area contributed by atoms with Crippen LogP contribution in [0.25, 0.3) is 6.08 Å². The van der Waals surface area contributed by atoms with Crippen LogP contribution >= 0.6 is 0 Å². The zero-order chi connectivity index (χ0) is 15.5. The number of hydrogen-bond acceptors (Lipinski definition) is 4. The van der Waals surface area contributed by atoms with Gasteiger partial charge in [0.05, 0.1) is 6.61 Å². The first-order valence-electron chi connectivity index (χ1n) is 7.11. The predicted molar refractivity (Wildman–Crippen MR) is 83.9 cm³/mol. The fourth-order valence-corrected chi connectivity index (χ4v) is 1.63. The van der Waals surface area contributed by atoms with Crippen molar-refractivity contribution in [3.05, 3.63) is 35.9 Å². The molecule has 5 heteroatoms. The van der Waals surface area contributed by atoms with Crippen LogP contribution in [0.4, 0.5) is 5.69 Å². The Hall–Kier alpha value is -2.14. The summed E-state index contributed by atoms with van der Waals surface area (Å²) in [5.74, 6) is -0.385. The molecule has 0 atom stereocenters. The summed E-state index contributed by atoms with van der Waals surface area (Å²) in [5, 5.41) is 5.92. The zero-order valence-electron chi connectivity index (χ0n) is 12.5. The maximum atomic E-state index is 11.6. The van der Waals surface area contributed by atoms with E-state index in [0.717, 1.165) is 17.8 Å². The molecule has 0 bridgehead atoms. The number of nitrogens with one attached hydrogen (secondary N) is 2. The fraction of sp³-hybridized carbons (Fsp3) is 0.375. The molecule has 0 saturated heterocycles. The second kappa shape index (κ2) is 9.72. The van der Waals surface area contributed by atoms with Crippen LogP contribution in [0, 0.1) is 0 Å². The first-order chi connectivity index (χ1) is 10.2. The molecule has 0 heterocycles. The normalized spacial score (nSPS) is 10.6. The van der Waals surface area contributed by atoms with Crippen LogP contribution in [0.15, 0.2) is 30.3 Å². The number of amides is 1. The minimum absolute atomic E-state index is 0.0224. The smallest absolute Gasteiger partial charge is 0.330 e. The lowest BCUT2D eigenvalue weighted by atomic mass is 10.2. The van der Waals surface area contributed by atoms with E-state index >= 15 is 0 Å². The van der Waals surface area contributed by atoms with Gasteiger partial charge in [0, 0.05) is 24.7 Å². The Morgan fingerprint density at radius 1 is 1.19 bits per heavy atom. The summed E-state index contributed by atoms with van der Waals surface area (Å²) >= 11 is 0. The Bertz CT molecular complexity index is 481. The lowest BCUT2D eigenvalue weighted by Crippen LogP contribution is -2.21. The van der Waals surface area contributed by atoms with E-state index in [1.165, 1.54) is 6.08 Å². The van der Waals surface area contributed by atoms with Crippen molar-refractivity contribution in [3.63, 3.8) is 0 Å². The molecule has 114 valence electrons. The maximum Gasteiger partial charge on any atom is 0.330 e. The average Bonchev–Trinajstić information content (AvgIpc) is 2.47. The van der Waals surface area contributed by atoms with E-state index in [1.54, 1.807) is 25.1 Å². The largest absolute Gasteiger partial charge is 0.463 e. The Labute approximate surface area is 125 Å². The van der Waals surface area contributed by atoms with E-state index in [9.17, 15) is 9.59 Å². The molecular formula is C16H22N2O3. The number of carbonyl (C=O) groups excluding carboxylic acids is 2. The summed E-state index contributed by atoms with van der Waals surface area (Å²) < 4.78 is 4.80. The molecule has 0 aliphatic rings. The van der Waals surface area contributed by atoms with Crippen molar-refractivity contribution in [2.24, 2.45) is 0 Å². The molecule has 0 aliphatic heterocycles. The van der Waals surface area contributed by atoms with Gasteiger partial charge in [-0.25, -0.2) is 4.79 Å². The highest BCUT2D eigenvalue weighted by molar-refractivity contribution is 5.91. The third-order valence-electron chi connectivity index (χ3n) is 2.67. The Kier molecular flexibility index (Phi) is 7.82. The highest BCUT2D eigenvalue weighted by Crippen LogP contribution is 2.11. The lowest BCUT2D eigenvalue weighted by Gasteiger charge is -2.05.